The number of aromatic nitrogens is 3. The molecule has 0 unspecified atom stereocenters. The summed E-state index contributed by atoms with van der Waals surface area (Å²) in [6, 6.07) is 6.33. The van der Waals surface area contributed by atoms with Crippen LogP contribution in [0.1, 0.15) is 43.9 Å². The van der Waals surface area contributed by atoms with Crippen molar-refractivity contribution in [3.05, 3.63) is 41.9 Å². The molecule has 0 saturated carbocycles. The normalized spacial score (nSPS) is 14.2. The van der Waals surface area contributed by atoms with E-state index in [0.717, 1.165) is 59.8 Å². The molecule has 0 aliphatic carbocycles. The number of hydrogen-bond donors (Lipinski definition) is 2. The van der Waals surface area contributed by atoms with Crippen molar-refractivity contribution in [2.45, 2.75) is 46.2 Å². The molecule has 2 aromatic heterocycles. The van der Waals surface area contributed by atoms with Crippen LogP contribution in [0.15, 0.2) is 30.7 Å². The van der Waals surface area contributed by atoms with Gasteiger partial charge in [-0.3, -0.25) is 0 Å². The van der Waals surface area contributed by atoms with Crippen molar-refractivity contribution in [3.63, 3.8) is 0 Å². The predicted octanol–water partition coefficient (Wildman–Crippen LogP) is 4.32. The number of aryl methyl sites for hydroxylation is 1. The van der Waals surface area contributed by atoms with Crippen LogP contribution in [-0.4, -0.2) is 41.8 Å². The van der Waals surface area contributed by atoms with Gasteiger partial charge in [0.05, 0.1) is 19.6 Å². The van der Waals surface area contributed by atoms with Crippen molar-refractivity contribution < 1.29 is 9.47 Å². The maximum Gasteiger partial charge on any atom is 0.145 e. The molecule has 0 bridgehead atoms. The minimum absolute atomic E-state index is 0.488. The lowest BCUT2D eigenvalue weighted by atomic mass is 10.1. The fourth-order valence-electron chi connectivity index (χ4n) is 3.94. The number of anilines is 1. The summed E-state index contributed by atoms with van der Waals surface area (Å²) in [4.78, 5) is 9.12. The van der Waals surface area contributed by atoms with Gasteiger partial charge in [-0.15, -0.1) is 0 Å². The highest BCUT2D eigenvalue weighted by Gasteiger charge is 2.20. The second-order valence-electron chi connectivity index (χ2n) is 7.15. The van der Waals surface area contributed by atoms with E-state index < -0.39 is 0 Å². The van der Waals surface area contributed by atoms with Crippen molar-refractivity contribution in [1.82, 2.24) is 19.9 Å². The van der Waals surface area contributed by atoms with Crippen molar-refractivity contribution in [3.8, 4) is 11.5 Å². The molecule has 0 radical (unpaired) electrons. The summed E-state index contributed by atoms with van der Waals surface area (Å²) < 4.78 is 13.1. The van der Waals surface area contributed by atoms with Gasteiger partial charge < -0.3 is 24.7 Å². The molecule has 0 atom stereocenters. The van der Waals surface area contributed by atoms with Gasteiger partial charge in [0.25, 0.3) is 0 Å². The molecule has 0 spiro atoms. The minimum Gasteiger partial charge on any atom is -0.497 e. The topological polar surface area (TPSA) is 73.2 Å². The number of fused-ring (bicyclic) bond motifs is 1. The molecule has 30 heavy (non-hydrogen) atoms. The largest absolute Gasteiger partial charge is 0.497 e. The summed E-state index contributed by atoms with van der Waals surface area (Å²) in [6.07, 6.45) is 6.11. The van der Waals surface area contributed by atoms with Crippen LogP contribution in [0.25, 0.3) is 11.0 Å². The first-order valence-electron chi connectivity index (χ1n) is 10.7. The SMILES string of the molecule is CC.COc1ccc(CNc2ncnc3c2c(C)cn3C2CCNCC2)c(OC)c1. The molecular weight excluding hydrogens is 378 g/mol. The highest BCUT2D eigenvalue weighted by molar-refractivity contribution is 5.90. The molecule has 3 heterocycles. The number of nitrogens with one attached hydrogen (secondary N) is 2. The van der Waals surface area contributed by atoms with Crippen molar-refractivity contribution >= 4 is 16.9 Å². The van der Waals surface area contributed by atoms with Gasteiger partial charge in [-0.05, 0) is 50.6 Å². The first-order valence-corrected chi connectivity index (χ1v) is 10.7. The van der Waals surface area contributed by atoms with Crippen LogP contribution >= 0.6 is 0 Å². The molecule has 1 saturated heterocycles. The molecule has 1 aliphatic heterocycles. The summed E-state index contributed by atoms with van der Waals surface area (Å²) in [5.41, 5.74) is 3.24. The Bertz CT molecular complexity index is 964. The lowest BCUT2D eigenvalue weighted by Crippen LogP contribution is -2.29. The number of nitrogens with zero attached hydrogens (tertiary/aromatic N) is 3. The van der Waals surface area contributed by atoms with Crippen LogP contribution in [0.5, 0.6) is 11.5 Å². The summed E-state index contributed by atoms with van der Waals surface area (Å²) in [6.45, 7) is 8.84. The molecule has 1 fully saturated rings. The number of benzene rings is 1. The zero-order valence-corrected chi connectivity index (χ0v) is 18.7. The van der Waals surface area contributed by atoms with E-state index in [1.54, 1.807) is 20.5 Å². The smallest absolute Gasteiger partial charge is 0.145 e. The highest BCUT2D eigenvalue weighted by atomic mass is 16.5. The van der Waals surface area contributed by atoms with Gasteiger partial charge in [0.2, 0.25) is 0 Å². The van der Waals surface area contributed by atoms with E-state index in [1.807, 2.05) is 32.0 Å². The van der Waals surface area contributed by atoms with E-state index in [-0.39, 0.29) is 0 Å². The fourth-order valence-corrected chi connectivity index (χ4v) is 3.94. The third-order valence-corrected chi connectivity index (χ3v) is 5.44. The third-order valence-electron chi connectivity index (χ3n) is 5.44. The average Bonchev–Trinajstić information content (AvgIpc) is 3.16. The van der Waals surface area contributed by atoms with Crippen LogP contribution in [0, 0.1) is 6.92 Å². The zero-order valence-electron chi connectivity index (χ0n) is 18.7. The van der Waals surface area contributed by atoms with Crippen LogP contribution in [0.4, 0.5) is 5.82 Å². The van der Waals surface area contributed by atoms with E-state index in [4.69, 9.17) is 9.47 Å². The number of methoxy groups -OCH3 is 2. The number of rotatable bonds is 6. The fraction of sp³-hybridized carbons (Fsp3) is 0.478. The van der Waals surface area contributed by atoms with Crippen molar-refractivity contribution in [1.29, 1.82) is 0 Å². The minimum atomic E-state index is 0.488. The molecule has 162 valence electrons. The van der Waals surface area contributed by atoms with Gasteiger partial charge in [-0.1, -0.05) is 13.8 Å². The van der Waals surface area contributed by atoms with E-state index in [0.29, 0.717) is 12.6 Å². The van der Waals surface area contributed by atoms with Crippen LogP contribution < -0.4 is 20.1 Å². The highest BCUT2D eigenvalue weighted by Crippen LogP contribution is 2.31. The van der Waals surface area contributed by atoms with Gasteiger partial charge in [0, 0.05) is 30.4 Å². The molecule has 3 aromatic rings. The average molecular weight is 412 g/mol. The molecule has 2 N–H and O–H groups in total. The number of hydrogen-bond acceptors (Lipinski definition) is 6. The Hall–Kier alpha value is -2.80. The van der Waals surface area contributed by atoms with Crippen molar-refractivity contribution in [2.24, 2.45) is 0 Å². The van der Waals surface area contributed by atoms with Crippen LogP contribution in [0.2, 0.25) is 0 Å². The molecular formula is C23H33N5O2. The van der Waals surface area contributed by atoms with E-state index in [9.17, 15) is 0 Å². The maximum absolute atomic E-state index is 5.51. The van der Waals surface area contributed by atoms with Crippen LogP contribution in [0.3, 0.4) is 0 Å². The van der Waals surface area contributed by atoms with Gasteiger partial charge in [-0.25, -0.2) is 9.97 Å². The standard InChI is InChI=1S/C21H27N5O2.C2H6/c1-14-12-26(16-6-8-22-9-7-16)21-19(14)20(24-13-25-21)23-11-15-4-5-17(27-2)10-18(15)28-3;1-2/h4-5,10,12-13,16,22H,6-9,11H2,1-3H3,(H,23,24,25);1-2H3. The first-order chi connectivity index (χ1) is 14.7. The Kier molecular flexibility index (Phi) is 7.52. The van der Waals surface area contributed by atoms with E-state index >= 15 is 0 Å². The van der Waals surface area contributed by atoms with Crippen molar-refractivity contribution in [2.75, 3.05) is 32.6 Å². The Morgan fingerprint density at radius 2 is 1.90 bits per heavy atom. The first kappa shape index (κ1) is 21.9. The summed E-state index contributed by atoms with van der Waals surface area (Å²) >= 11 is 0. The number of piperidine rings is 1. The molecule has 4 rings (SSSR count). The Balaban J connectivity index is 0.00000124. The zero-order chi connectivity index (χ0) is 21.5. The Morgan fingerprint density at radius 3 is 2.60 bits per heavy atom. The third kappa shape index (κ3) is 4.51. The quantitative estimate of drug-likeness (QED) is 0.629. The Morgan fingerprint density at radius 1 is 1.13 bits per heavy atom. The van der Waals surface area contributed by atoms with Gasteiger partial charge in [0.1, 0.15) is 29.3 Å². The lowest BCUT2D eigenvalue weighted by molar-refractivity contribution is 0.374. The monoisotopic (exact) mass is 411 g/mol. The summed E-state index contributed by atoms with van der Waals surface area (Å²) in [7, 11) is 3.32. The van der Waals surface area contributed by atoms with E-state index in [1.165, 1.54) is 5.56 Å². The summed E-state index contributed by atoms with van der Waals surface area (Å²) in [5, 5.41) is 8.00. The molecule has 1 aromatic carbocycles. The lowest BCUT2D eigenvalue weighted by Gasteiger charge is -2.24. The van der Waals surface area contributed by atoms with Gasteiger partial charge >= 0.3 is 0 Å². The molecule has 0 amide bonds. The summed E-state index contributed by atoms with van der Waals surface area (Å²) in [5.74, 6) is 2.43. The maximum atomic E-state index is 5.51. The van der Waals surface area contributed by atoms with Gasteiger partial charge in [0.15, 0.2) is 0 Å². The number of ether oxygens (including phenoxy) is 2. The second-order valence-corrected chi connectivity index (χ2v) is 7.15. The molecule has 7 heteroatoms. The Labute approximate surface area is 178 Å². The predicted molar refractivity (Wildman–Crippen MR) is 122 cm³/mol. The van der Waals surface area contributed by atoms with E-state index in [2.05, 4.69) is 38.3 Å². The van der Waals surface area contributed by atoms with Gasteiger partial charge in [-0.2, -0.15) is 0 Å². The molecule has 7 nitrogen and oxygen atoms in total. The molecule has 1 aliphatic rings. The van der Waals surface area contributed by atoms with Crippen LogP contribution in [-0.2, 0) is 6.54 Å². The second kappa shape index (κ2) is 10.3.